The van der Waals surface area contributed by atoms with Gasteiger partial charge in [-0.05, 0) is 39.1 Å². The second-order valence-electron chi connectivity index (χ2n) is 5.19. The van der Waals surface area contributed by atoms with E-state index in [4.69, 9.17) is 4.74 Å². The smallest absolute Gasteiger partial charge is 0.0480 e. The molecule has 0 aromatic heterocycles. The van der Waals surface area contributed by atoms with Crippen LogP contribution in [0.3, 0.4) is 0 Å². The van der Waals surface area contributed by atoms with E-state index < -0.39 is 0 Å². The van der Waals surface area contributed by atoms with E-state index >= 15 is 0 Å². The van der Waals surface area contributed by atoms with Crippen molar-refractivity contribution >= 4 is 11.8 Å². The molecule has 2 rings (SSSR count). The summed E-state index contributed by atoms with van der Waals surface area (Å²) in [6.45, 7) is 3.00. The van der Waals surface area contributed by atoms with Crippen molar-refractivity contribution in [3.05, 3.63) is 0 Å². The van der Waals surface area contributed by atoms with Gasteiger partial charge in [-0.1, -0.05) is 0 Å². The second kappa shape index (κ2) is 5.71. The molecule has 4 heteroatoms. The summed E-state index contributed by atoms with van der Waals surface area (Å²) >= 11 is 2.09. The molecule has 0 amide bonds. The molecule has 94 valence electrons. The van der Waals surface area contributed by atoms with Gasteiger partial charge in [-0.2, -0.15) is 11.8 Å². The molecule has 0 aromatic carbocycles. The number of hydrogen-bond donors (Lipinski definition) is 1. The fourth-order valence-electron chi connectivity index (χ4n) is 2.48. The summed E-state index contributed by atoms with van der Waals surface area (Å²) in [7, 11) is 4.44. The summed E-state index contributed by atoms with van der Waals surface area (Å²) in [6.07, 6.45) is 3.67. The zero-order valence-electron chi connectivity index (χ0n) is 10.5. The molecule has 0 aliphatic carbocycles. The van der Waals surface area contributed by atoms with Crippen molar-refractivity contribution in [3.63, 3.8) is 0 Å². The van der Waals surface area contributed by atoms with E-state index in [1.165, 1.54) is 30.8 Å². The molecule has 1 N–H and O–H groups in total. The molecule has 0 radical (unpaired) electrons. The van der Waals surface area contributed by atoms with Crippen LogP contribution < -0.4 is 5.32 Å². The number of likely N-dealkylation sites (N-methyl/N-ethyl adjacent to an activating group) is 1. The standard InChI is InChI=1S/C12H24N2OS/c1-14(2)12(5-8-16-10-12)9-13-11-3-6-15-7-4-11/h11,13H,3-10H2,1-2H3. The van der Waals surface area contributed by atoms with Gasteiger partial charge in [0.15, 0.2) is 0 Å². The van der Waals surface area contributed by atoms with Crippen LogP contribution in [-0.2, 0) is 4.74 Å². The van der Waals surface area contributed by atoms with Crippen LogP contribution in [0.4, 0.5) is 0 Å². The number of nitrogens with zero attached hydrogens (tertiary/aromatic N) is 1. The van der Waals surface area contributed by atoms with Crippen LogP contribution in [-0.4, -0.2) is 61.8 Å². The number of thioether (sulfide) groups is 1. The molecular formula is C12H24N2OS. The zero-order valence-corrected chi connectivity index (χ0v) is 11.3. The maximum Gasteiger partial charge on any atom is 0.0480 e. The molecule has 2 aliphatic rings. The third-order valence-electron chi connectivity index (χ3n) is 3.97. The van der Waals surface area contributed by atoms with Crippen molar-refractivity contribution < 1.29 is 4.74 Å². The first-order valence-electron chi connectivity index (χ1n) is 6.29. The molecule has 2 fully saturated rings. The second-order valence-corrected chi connectivity index (χ2v) is 6.29. The Morgan fingerprint density at radius 1 is 1.38 bits per heavy atom. The van der Waals surface area contributed by atoms with Gasteiger partial charge >= 0.3 is 0 Å². The zero-order chi connectivity index (χ0) is 11.4. The lowest BCUT2D eigenvalue weighted by Gasteiger charge is -2.37. The molecule has 0 saturated carbocycles. The molecule has 0 spiro atoms. The summed E-state index contributed by atoms with van der Waals surface area (Å²) in [4.78, 5) is 2.42. The summed E-state index contributed by atoms with van der Waals surface area (Å²) in [5.41, 5.74) is 0.392. The van der Waals surface area contributed by atoms with Crippen LogP contribution in [0.1, 0.15) is 19.3 Å². The van der Waals surface area contributed by atoms with Crippen LogP contribution in [0, 0.1) is 0 Å². The van der Waals surface area contributed by atoms with E-state index in [-0.39, 0.29) is 0 Å². The van der Waals surface area contributed by atoms with Gasteiger partial charge in [-0.15, -0.1) is 0 Å². The molecule has 2 heterocycles. The number of nitrogens with one attached hydrogen (secondary N) is 1. The van der Waals surface area contributed by atoms with Gasteiger partial charge < -0.3 is 15.0 Å². The molecule has 0 aromatic rings. The Morgan fingerprint density at radius 2 is 2.12 bits per heavy atom. The van der Waals surface area contributed by atoms with Crippen LogP contribution in [0.2, 0.25) is 0 Å². The molecule has 2 saturated heterocycles. The summed E-state index contributed by atoms with van der Waals surface area (Å²) in [5, 5.41) is 3.75. The summed E-state index contributed by atoms with van der Waals surface area (Å²) < 4.78 is 5.39. The average Bonchev–Trinajstić information content (AvgIpc) is 2.78. The van der Waals surface area contributed by atoms with Gasteiger partial charge in [0.1, 0.15) is 0 Å². The monoisotopic (exact) mass is 244 g/mol. The largest absolute Gasteiger partial charge is 0.381 e. The van der Waals surface area contributed by atoms with Crippen molar-refractivity contribution in [1.82, 2.24) is 10.2 Å². The predicted molar refractivity (Wildman–Crippen MR) is 70.2 cm³/mol. The van der Waals surface area contributed by atoms with Crippen LogP contribution in [0.5, 0.6) is 0 Å². The van der Waals surface area contributed by atoms with E-state index in [2.05, 4.69) is 36.1 Å². The number of rotatable bonds is 4. The molecule has 16 heavy (non-hydrogen) atoms. The van der Waals surface area contributed by atoms with E-state index in [0.29, 0.717) is 11.6 Å². The Hall–Kier alpha value is 0.230. The first kappa shape index (κ1) is 12.7. The highest BCUT2D eigenvalue weighted by atomic mass is 32.2. The Morgan fingerprint density at radius 3 is 2.69 bits per heavy atom. The van der Waals surface area contributed by atoms with Crippen LogP contribution in [0.15, 0.2) is 0 Å². The van der Waals surface area contributed by atoms with Gasteiger partial charge in [-0.3, -0.25) is 0 Å². The lowest BCUT2D eigenvalue weighted by molar-refractivity contribution is 0.0718. The fraction of sp³-hybridized carbons (Fsp3) is 1.00. The highest BCUT2D eigenvalue weighted by molar-refractivity contribution is 7.99. The van der Waals surface area contributed by atoms with Crippen LogP contribution in [0.25, 0.3) is 0 Å². The molecule has 2 aliphatic heterocycles. The average molecular weight is 244 g/mol. The summed E-state index contributed by atoms with van der Waals surface area (Å²) in [5.74, 6) is 2.59. The van der Waals surface area contributed by atoms with E-state index in [1.807, 2.05) is 0 Å². The Kier molecular flexibility index (Phi) is 4.53. The molecule has 1 atom stereocenters. The molecule has 0 bridgehead atoms. The Labute approximate surface area is 103 Å². The topological polar surface area (TPSA) is 24.5 Å². The minimum Gasteiger partial charge on any atom is -0.381 e. The predicted octanol–water partition coefficient (Wildman–Crippen LogP) is 1.19. The molecule has 1 unspecified atom stereocenters. The van der Waals surface area contributed by atoms with Crippen LogP contribution >= 0.6 is 11.8 Å². The van der Waals surface area contributed by atoms with Crippen molar-refractivity contribution in [1.29, 1.82) is 0 Å². The third kappa shape index (κ3) is 2.92. The first-order valence-corrected chi connectivity index (χ1v) is 7.45. The SMILES string of the molecule is CN(C)C1(CNC2CCOCC2)CCSC1. The third-order valence-corrected chi connectivity index (χ3v) is 5.21. The van der Waals surface area contributed by atoms with Gasteiger partial charge in [0, 0.05) is 37.1 Å². The van der Waals surface area contributed by atoms with E-state index in [0.717, 1.165) is 19.8 Å². The van der Waals surface area contributed by atoms with Crippen molar-refractivity contribution in [2.24, 2.45) is 0 Å². The maximum atomic E-state index is 5.39. The molecule has 3 nitrogen and oxygen atoms in total. The van der Waals surface area contributed by atoms with Gasteiger partial charge in [0.2, 0.25) is 0 Å². The van der Waals surface area contributed by atoms with Gasteiger partial charge in [-0.25, -0.2) is 0 Å². The van der Waals surface area contributed by atoms with E-state index in [9.17, 15) is 0 Å². The Bertz CT molecular complexity index is 211. The lowest BCUT2D eigenvalue weighted by Crippen LogP contribution is -2.54. The van der Waals surface area contributed by atoms with Crippen molar-refractivity contribution in [2.75, 3.05) is 45.4 Å². The highest BCUT2D eigenvalue weighted by Crippen LogP contribution is 2.31. The number of hydrogen-bond acceptors (Lipinski definition) is 4. The summed E-state index contributed by atoms with van der Waals surface area (Å²) in [6, 6.07) is 0.677. The van der Waals surface area contributed by atoms with Crippen molar-refractivity contribution in [3.8, 4) is 0 Å². The minimum absolute atomic E-state index is 0.392. The quantitative estimate of drug-likeness (QED) is 0.803. The number of ether oxygens (including phenoxy) is 1. The fourth-order valence-corrected chi connectivity index (χ4v) is 4.04. The van der Waals surface area contributed by atoms with Gasteiger partial charge in [0.25, 0.3) is 0 Å². The molecular weight excluding hydrogens is 220 g/mol. The normalized spacial score (nSPS) is 32.4. The Balaban J connectivity index is 1.81. The lowest BCUT2D eigenvalue weighted by atomic mass is 9.96. The van der Waals surface area contributed by atoms with Crippen molar-refractivity contribution in [2.45, 2.75) is 30.8 Å². The van der Waals surface area contributed by atoms with E-state index in [1.54, 1.807) is 0 Å². The first-order chi connectivity index (χ1) is 7.73. The maximum absolute atomic E-state index is 5.39. The van der Waals surface area contributed by atoms with Gasteiger partial charge in [0.05, 0.1) is 0 Å². The minimum atomic E-state index is 0.392. The highest BCUT2D eigenvalue weighted by Gasteiger charge is 2.36.